The molecule has 4 nitrogen and oxygen atoms in total. The van der Waals surface area contributed by atoms with Gasteiger partial charge in [0.15, 0.2) is 5.82 Å². The van der Waals surface area contributed by atoms with Gasteiger partial charge in [0.05, 0.1) is 5.56 Å². The minimum absolute atomic E-state index is 0.126. The molecule has 0 saturated heterocycles. The molecule has 1 heterocycles. The number of hydrogen-bond acceptors (Lipinski definition) is 4. The Balaban J connectivity index is 2.51. The van der Waals surface area contributed by atoms with E-state index in [1.165, 1.54) is 0 Å². The van der Waals surface area contributed by atoms with Crippen LogP contribution in [0.2, 0.25) is 0 Å². The fourth-order valence-electron chi connectivity index (χ4n) is 1.61. The molecule has 17 heavy (non-hydrogen) atoms. The van der Waals surface area contributed by atoms with Crippen molar-refractivity contribution in [3.63, 3.8) is 0 Å². The zero-order valence-electron chi connectivity index (χ0n) is 10.6. The van der Waals surface area contributed by atoms with Crippen molar-refractivity contribution in [1.82, 2.24) is 10.1 Å². The average Bonchev–Trinajstić information content (AvgIpc) is 2.65. The summed E-state index contributed by atoms with van der Waals surface area (Å²) in [6, 6.07) is 5.73. The van der Waals surface area contributed by atoms with Gasteiger partial charge in [0.1, 0.15) is 0 Å². The van der Waals surface area contributed by atoms with Crippen molar-refractivity contribution in [2.45, 2.75) is 33.1 Å². The van der Waals surface area contributed by atoms with E-state index in [9.17, 15) is 0 Å². The Morgan fingerprint density at radius 3 is 2.47 bits per heavy atom. The third-order valence-electron chi connectivity index (χ3n) is 2.62. The van der Waals surface area contributed by atoms with Crippen molar-refractivity contribution in [2.75, 3.05) is 5.73 Å². The van der Waals surface area contributed by atoms with Gasteiger partial charge in [-0.2, -0.15) is 4.98 Å². The first-order valence-corrected chi connectivity index (χ1v) is 5.59. The van der Waals surface area contributed by atoms with Crippen LogP contribution in [0, 0.1) is 6.92 Å². The standard InChI is InChI=1S/C13H17N3O/c1-8-6-5-7-9(14)10(8)11-15-12(16-17-11)13(2,3)4/h5-7H,14H2,1-4H3. The predicted octanol–water partition coefficient (Wildman–Crippen LogP) is 2.92. The predicted molar refractivity (Wildman–Crippen MR) is 67.6 cm³/mol. The van der Waals surface area contributed by atoms with Gasteiger partial charge in [-0.15, -0.1) is 0 Å². The molecule has 2 aromatic rings. The largest absolute Gasteiger partial charge is 0.398 e. The molecule has 0 amide bonds. The second-order valence-corrected chi connectivity index (χ2v) is 5.21. The van der Waals surface area contributed by atoms with E-state index < -0.39 is 0 Å². The fraction of sp³-hybridized carbons (Fsp3) is 0.385. The highest BCUT2D eigenvalue weighted by Gasteiger charge is 2.22. The number of hydrogen-bond donors (Lipinski definition) is 1. The second-order valence-electron chi connectivity index (χ2n) is 5.21. The maximum Gasteiger partial charge on any atom is 0.260 e. The summed E-state index contributed by atoms with van der Waals surface area (Å²) < 4.78 is 5.30. The van der Waals surface area contributed by atoms with Crippen molar-refractivity contribution in [3.8, 4) is 11.5 Å². The van der Waals surface area contributed by atoms with Crippen LogP contribution in [-0.2, 0) is 5.41 Å². The molecule has 0 atom stereocenters. The summed E-state index contributed by atoms with van der Waals surface area (Å²) in [7, 11) is 0. The fourth-order valence-corrected chi connectivity index (χ4v) is 1.61. The van der Waals surface area contributed by atoms with Crippen LogP contribution in [0.5, 0.6) is 0 Å². The Morgan fingerprint density at radius 1 is 1.24 bits per heavy atom. The summed E-state index contributed by atoms with van der Waals surface area (Å²) >= 11 is 0. The highest BCUT2D eigenvalue weighted by Crippen LogP contribution is 2.29. The molecule has 4 heteroatoms. The topological polar surface area (TPSA) is 64.9 Å². The number of nitrogens with two attached hydrogens (primary N) is 1. The molecule has 0 radical (unpaired) electrons. The quantitative estimate of drug-likeness (QED) is 0.766. The number of aryl methyl sites for hydroxylation is 1. The molecule has 2 N–H and O–H groups in total. The minimum atomic E-state index is -0.126. The molecule has 0 aliphatic rings. The van der Waals surface area contributed by atoms with Crippen molar-refractivity contribution < 1.29 is 4.52 Å². The van der Waals surface area contributed by atoms with Crippen molar-refractivity contribution in [3.05, 3.63) is 29.6 Å². The third-order valence-corrected chi connectivity index (χ3v) is 2.62. The van der Waals surface area contributed by atoms with Gasteiger partial charge in [-0.25, -0.2) is 0 Å². The van der Waals surface area contributed by atoms with Crippen LogP contribution in [0.1, 0.15) is 32.2 Å². The van der Waals surface area contributed by atoms with E-state index in [0.29, 0.717) is 17.4 Å². The van der Waals surface area contributed by atoms with Gasteiger partial charge in [-0.1, -0.05) is 38.1 Å². The molecule has 0 saturated carbocycles. The Hall–Kier alpha value is -1.84. The maximum absolute atomic E-state index is 5.94. The first-order valence-electron chi connectivity index (χ1n) is 5.59. The third kappa shape index (κ3) is 2.16. The molecule has 90 valence electrons. The molecule has 0 bridgehead atoms. The number of nitrogen functional groups attached to an aromatic ring is 1. The summed E-state index contributed by atoms with van der Waals surface area (Å²) in [5, 5.41) is 4.00. The summed E-state index contributed by atoms with van der Waals surface area (Å²) in [5.41, 5.74) is 8.34. The number of aromatic nitrogens is 2. The maximum atomic E-state index is 5.94. The zero-order chi connectivity index (χ0) is 12.6. The minimum Gasteiger partial charge on any atom is -0.398 e. The molecular formula is C13H17N3O. The number of benzene rings is 1. The lowest BCUT2D eigenvalue weighted by atomic mass is 9.96. The van der Waals surface area contributed by atoms with Crippen molar-refractivity contribution in [2.24, 2.45) is 0 Å². The molecule has 0 fully saturated rings. The lowest BCUT2D eigenvalue weighted by molar-refractivity contribution is 0.402. The van der Waals surface area contributed by atoms with Gasteiger partial charge in [0, 0.05) is 11.1 Å². The highest BCUT2D eigenvalue weighted by atomic mass is 16.5. The van der Waals surface area contributed by atoms with E-state index in [-0.39, 0.29) is 5.41 Å². The smallest absolute Gasteiger partial charge is 0.260 e. The van der Waals surface area contributed by atoms with Gasteiger partial charge in [-0.3, -0.25) is 0 Å². The number of rotatable bonds is 1. The summed E-state index contributed by atoms with van der Waals surface area (Å²) in [5.74, 6) is 1.18. The Labute approximate surface area is 101 Å². The molecule has 1 aromatic carbocycles. The lowest BCUT2D eigenvalue weighted by Gasteiger charge is -2.11. The summed E-state index contributed by atoms with van der Waals surface area (Å²) in [4.78, 5) is 4.42. The van der Waals surface area contributed by atoms with E-state index in [1.54, 1.807) is 0 Å². The monoisotopic (exact) mass is 231 g/mol. The number of anilines is 1. The van der Waals surface area contributed by atoms with Crippen molar-refractivity contribution >= 4 is 5.69 Å². The first-order chi connectivity index (χ1) is 7.89. The van der Waals surface area contributed by atoms with Crippen LogP contribution < -0.4 is 5.73 Å². The molecule has 0 aliphatic heterocycles. The van der Waals surface area contributed by atoms with Crippen LogP contribution in [0.3, 0.4) is 0 Å². The van der Waals surface area contributed by atoms with Gasteiger partial charge < -0.3 is 10.3 Å². The van der Waals surface area contributed by atoms with Gasteiger partial charge in [-0.05, 0) is 18.6 Å². The molecule has 0 aliphatic carbocycles. The lowest BCUT2D eigenvalue weighted by Crippen LogP contribution is -2.13. The zero-order valence-corrected chi connectivity index (χ0v) is 10.6. The van der Waals surface area contributed by atoms with E-state index in [2.05, 4.69) is 10.1 Å². The second kappa shape index (κ2) is 3.87. The number of nitrogens with zero attached hydrogens (tertiary/aromatic N) is 2. The molecule has 1 aromatic heterocycles. The van der Waals surface area contributed by atoms with Crippen LogP contribution in [0.15, 0.2) is 22.7 Å². The van der Waals surface area contributed by atoms with Gasteiger partial charge in [0.25, 0.3) is 5.89 Å². The van der Waals surface area contributed by atoms with Crippen LogP contribution in [0.25, 0.3) is 11.5 Å². The van der Waals surface area contributed by atoms with Gasteiger partial charge in [0.2, 0.25) is 0 Å². The molecule has 2 rings (SSSR count). The highest BCUT2D eigenvalue weighted by molar-refractivity contribution is 5.73. The average molecular weight is 231 g/mol. The normalized spacial score (nSPS) is 11.8. The molecule has 0 spiro atoms. The Bertz CT molecular complexity index is 518. The van der Waals surface area contributed by atoms with Gasteiger partial charge >= 0.3 is 0 Å². The van der Waals surface area contributed by atoms with Crippen molar-refractivity contribution in [1.29, 1.82) is 0 Å². The first kappa shape index (κ1) is 11.6. The van der Waals surface area contributed by atoms with Crippen LogP contribution in [0.4, 0.5) is 5.69 Å². The van der Waals surface area contributed by atoms with E-state index in [0.717, 1.165) is 11.1 Å². The van der Waals surface area contributed by atoms with E-state index in [1.807, 2.05) is 45.9 Å². The SMILES string of the molecule is Cc1cccc(N)c1-c1nc(C(C)(C)C)no1. The molecular weight excluding hydrogens is 214 g/mol. The van der Waals surface area contributed by atoms with Crippen LogP contribution >= 0.6 is 0 Å². The summed E-state index contributed by atoms with van der Waals surface area (Å²) in [6.45, 7) is 8.11. The van der Waals surface area contributed by atoms with E-state index in [4.69, 9.17) is 10.3 Å². The Kier molecular flexibility index (Phi) is 2.65. The van der Waals surface area contributed by atoms with E-state index >= 15 is 0 Å². The molecule has 0 unspecified atom stereocenters. The van der Waals surface area contributed by atoms with Crippen LogP contribution in [-0.4, -0.2) is 10.1 Å². The Morgan fingerprint density at radius 2 is 1.94 bits per heavy atom. The summed E-state index contributed by atoms with van der Waals surface area (Å²) in [6.07, 6.45) is 0.